The van der Waals surface area contributed by atoms with Crippen molar-refractivity contribution >= 4 is 40.1 Å². The lowest BCUT2D eigenvalue weighted by Crippen LogP contribution is -2.32. The summed E-state index contributed by atoms with van der Waals surface area (Å²) in [5, 5.41) is 14.4. The van der Waals surface area contributed by atoms with E-state index in [1.165, 1.54) is 18.2 Å². The molecule has 7 nitrogen and oxygen atoms in total. The van der Waals surface area contributed by atoms with Crippen molar-refractivity contribution in [3.63, 3.8) is 0 Å². The van der Waals surface area contributed by atoms with Gasteiger partial charge < -0.3 is 15.4 Å². The quantitative estimate of drug-likeness (QED) is 0.698. The third-order valence-electron chi connectivity index (χ3n) is 7.29. The number of carbonyl (C=O) groups excluding carboxylic acids is 2. The van der Waals surface area contributed by atoms with E-state index in [9.17, 15) is 9.59 Å². The maximum atomic E-state index is 12.3. The summed E-state index contributed by atoms with van der Waals surface area (Å²) in [6, 6.07) is 7.07. The zero-order valence-corrected chi connectivity index (χ0v) is 18.6. The number of rotatable bonds is 5. The third kappa shape index (κ3) is 3.62. The van der Waals surface area contributed by atoms with Crippen LogP contribution in [0.1, 0.15) is 46.5 Å². The molecule has 2 aliphatic carbocycles. The predicted octanol–water partition coefficient (Wildman–Crippen LogP) is 3.81. The molecule has 2 saturated carbocycles. The van der Waals surface area contributed by atoms with Crippen LogP contribution in [-0.2, 0) is 9.59 Å². The van der Waals surface area contributed by atoms with E-state index in [1.807, 2.05) is 0 Å². The minimum atomic E-state index is -0.505. The Bertz CT molecular complexity index is 925. The number of methoxy groups -OCH3 is 1. The molecule has 1 heterocycles. The fourth-order valence-corrected chi connectivity index (χ4v) is 5.74. The first-order valence-corrected chi connectivity index (χ1v) is 11.2. The normalized spacial score (nSPS) is 31.9. The van der Waals surface area contributed by atoms with E-state index in [-0.39, 0.29) is 29.1 Å². The summed E-state index contributed by atoms with van der Waals surface area (Å²) in [7, 11) is 1.59. The van der Waals surface area contributed by atoms with Crippen LogP contribution in [0.15, 0.2) is 34.5 Å². The van der Waals surface area contributed by atoms with Crippen LogP contribution in [-0.4, -0.2) is 35.1 Å². The summed E-state index contributed by atoms with van der Waals surface area (Å²) in [6.07, 6.45) is 3.44. The van der Waals surface area contributed by atoms with Gasteiger partial charge >= 0.3 is 0 Å². The number of nitrogens with one attached hydrogen (secondary N) is 2. The van der Waals surface area contributed by atoms with Gasteiger partial charge in [0, 0.05) is 23.2 Å². The van der Waals surface area contributed by atoms with Crippen LogP contribution in [0.2, 0.25) is 0 Å². The second-order valence-corrected chi connectivity index (χ2v) is 10.2. The van der Waals surface area contributed by atoms with Crippen LogP contribution in [0.4, 0.5) is 5.69 Å². The fourth-order valence-electron chi connectivity index (χ4n) is 4.83. The van der Waals surface area contributed by atoms with Crippen LogP contribution in [0.25, 0.3) is 0 Å². The highest BCUT2D eigenvalue weighted by Crippen LogP contribution is 2.64. The molecule has 0 aromatic heterocycles. The van der Waals surface area contributed by atoms with Crippen LogP contribution in [0.5, 0.6) is 5.75 Å². The van der Waals surface area contributed by atoms with Gasteiger partial charge in [0.15, 0.2) is 5.17 Å². The molecule has 4 rings (SSSR count). The lowest BCUT2D eigenvalue weighted by molar-refractivity contribution is -0.122. The smallest absolute Gasteiger partial charge is 0.240 e. The van der Waals surface area contributed by atoms with Gasteiger partial charge in [0.2, 0.25) is 11.8 Å². The molecule has 2 bridgehead atoms. The molecule has 0 radical (unpaired) electrons. The Morgan fingerprint density at radius 1 is 1.27 bits per heavy atom. The molecule has 2 N–H and O–H groups in total. The Morgan fingerprint density at radius 3 is 2.60 bits per heavy atom. The second kappa shape index (κ2) is 7.72. The van der Waals surface area contributed by atoms with Crippen molar-refractivity contribution in [3.05, 3.63) is 24.3 Å². The fraction of sp³-hybridized carbons (Fsp3) is 0.545. The number of hydrogen-bond donors (Lipinski definition) is 2. The van der Waals surface area contributed by atoms with Gasteiger partial charge in [-0.1, -0.05) is 32.5 Å². The number of carbonyl (C=O) groups is 2. The lowest BCUT2D eigenvalue weighted by Gasteiger charge is -2.34. The topological polar surface area (TPSA) is 92.2 Å². The van der Waals surface area contributed by atoms with Crippen molar-refractivity contribution in [2.24, 2.45) is 27.0 Å². The molecular formula is C22H28N4O3S. The Hall–Kier alpha value is -2.35. The largest absolute Gasteiger partial charge is 0.497 e. The van der Waals surface area contributed by atoms with Gasteiger partial charge in [-0.25, -0.2) is 0 Å². The molecule has 1 aromatic rings. The van der Waals surface area contributed by atoms with Crippen LogP contribution in [0.3, 0.4) is 0 Å². The van der Waals surface area contributed by atoms with Gasteiger partial charge in [0.05, 0.1) is 7.11 Å². The number of amides is 2. The summed E-state index contributed by atoms with van der Waals surface area (Å²) in [4.78, 5) is 24.6. The van der Waals surface area contributed by atoms with E-state index in [0.717, 1.165) is 18.6 Å². The molecule has 30 heavy (non-hydrogen) atoms. The van der Waals surface area contributed by atoms with Crippen molar-refractivity contribution in [2.45, 2.75) is 51.7 Å². The van der Waals surface area contributed by atoms with Crippen LogP contribution in [0, 0.1) is 16.7 Å². The Balaban J connectivity index is 1.36. The highest BCUT2D eigenvalue weighted by Gasteiger charge is 2.60. The predicted molar refractivity (Wildman–Crippen MR) is 120 cm³/mol. The molecular weight excluding hydrogens is 400 g/mol. The molecule has 8 heteroatoms. The van der Waals surface area contributed by atoms with E-state index in [4.69, 9.17) is 4.74 Å². The molecule has 3 atom stereocenters. The van der Waals surface area contributed by atoms with Crippen LogP contribution < -0.4 is 15.4 Å². The monoisotopic (exact) mass is 428 g/mol. The van der Waals surface area contributed by atoms with Gasteiger partial charge in [0.25, 0.3) is 0 Å². The Kier molecular flexibility index (Phi) is 5.38. The number of anilines is 1. The first kappa shape index (κ1) is 20.9. The summed E-state index contributed by atoms with van der Waals surface area (Å²) >= 11 is 1.27. The van der Waals surface area contributed by atoms with Gasteiger partial charge in [-0.2, -0.15) is 5.10 Å². The summed E-state index contributed by atoms with van der Waals surface area (Å²) in [5.41, 5.74) is 2.11. The molecule has 1 saturated heterocycles. The number of thioether (sulfide) groups is 1. The SMILES string of the molecule is COc1ccc(NC(=O)CC2SC(=NN=C3CC4CCC3(C)C4(C)C)NC2=O)cc1. The molecule has 3 aliphatic rings. The Labute approximate surface area is 181 Å². The second-order valence-electron chi connectivity index (χ2n) is 9.02. The zero-order valence-electron chi connectivity index (χ0n) is 17.8. The highest BCUT2D eigenvalue weighted by atomic mass is 32.2. The van der Waals surface area contributed by atoms with Gasteiger partial charge in [-0.3, -0.25) is 9.59 Å². The van der Waals surface area contributed by atoms with Gasteiger partial charge in [0.1, 0.15) is 11.0 Å². The highest BCUT2D eigenvalue weighted by molar-refractivity contribution is 8.15. The standard InChI is InChI=1S/C22H28N4O3S/c1-21(2)13-9-10-22(21,3)17(11-13)25-26-20-24-19(28)16(30-20)12-18(27)23-14-5-7-15(29-4)8-6-14/h5-8,13,16H,9-12H2,1-4H3,(H,23,27)(H,24,26,28). The van der Waals surface area contributed by atoms with E-state index >= 15 is 0 Å². The van der Waals surface area contributed by atoms with Crippen molar-refractivity contribution in [3.8, 4) is 5.75 Å². The molecule has 2 amide bonds. The first-order chi connectivity index (χ1) is 14.2. The van der Waals surface area contributed by atoms with Gasteiger partial charge in [-0.05, 0) is 54.9 Å². The maximum absolute atomic E-state index is 12.3. The third-order valence-corrected chi connectivity index (χ3v) is 8.37. The summed E-state index contributed by atoms with van der Waals surface area (Å²) in [6.45, 7) is 6.93. The number of hydrogen-bond acceptors (Lipinski definition) is 6. The van der Waals surface area contributed by atoms with Crippen molar-refractivity contribution < 1.29 is 14.3 Å². The van der Waals surface area contributed by atoms with E-state index in [2.05, 4.69) is 41.6 Å². The average Bonchev–Trinajstić information content (AvgIpc) is 3.23. The van der Waals surface area contributed by atoms with Crippen molar-refractivity contribution in [1.82, 2.24) is 5.32 Å². The minimum Gasteiger partial charge on any atom is -0.497 e. The maximum Gasteiger partial charge on any atom is 0.240 e. The van der Waals surface area contributed by atoms with Crippen LogP contribution >= 0.6 is 11.8 Å². The number of benzene rings is 1. The lowest BCUT2D eigenvalue weighted by atomic mass is 9.70. The van der Waals surface area contributed by atoms with E-state index < -0.39 is 5.25 Å². The zero-order chi connectivity index (χ0) is 21.5. The van der Waals surface area contributed by atoms with Gasteiger partial charge in [-0.15, -0.1) is 5.10 Å². The average molecular weight is 429 g/mol. The molecule has 0 spiro atoms. The molecule has 3 fully saturated rings. The number of ether oxygens (including phenoxy) is 1. The minimum absolute atomic E-state index is 0.0743. The first-order valence-electron chi connectivity index (χ1n) is 10.3. The van der Waals surface area contributed by atoms with Crippen molar-refractivity contribution in [1.29, 1.82) is 0 Å². The number of nitrogens with zero attached hydrogens (tertiary/aromatic N) is 2. The molecule has 1 aromatic carbocycles. The van der Waals surface area contributed by atoms with E-state index in [1.54, 1.807) is 31.4 Å². The van der Waals surface area contributed by atoms with E-state index in [0.29, 0.717) is 22.5 Å². The number of fused-ring (bicyclic) bond motifs is 2. The summed E-state index contributed by atoms with van der Waals surface area (Å²) in [5.74, 6) is 0.946. The molecule has 160 valence electrons. The number of amidine groups is 1. The summed E-state index contributed by atoms with van der Waals surface area (Å²) < 4.78 is 5.11. The Morgan fingerprint density at radius 2 is 2.00 bits per heavy atom. The molecule has 3 unspecified atom stereocenters. The molecule has 1 aliphatic heterocycles. The van der Waals surface area contributed by atoms with Crippen molar-refractivity contribution in [2.75, 3.05) is 12.4 Å².